The number of hydrogen-bond donors (Lipinski definition) is 2. The first kappa shape index (κ1) is 27.8. The first-order valence-corrected chi connectivity index (χ1v) is 11.2. The third-order valence-electron chi connectivity index (χ3n) is 4.61. The maximum atomic E-state index is 12.8. The summed E-state index contributed by atoms with van der Waals surface area (Å²) in [5.74, 6) is -4.71. The Morgan fingerprint density at radius 1 is 1.35 bits per heavy atom. The van der Waals surface area contributed by atoms with Crippen molar-refractivity contribution in [1.82, 2.24) is 15.2 Å². The number of fused-ring (bicyclic) bond motifs is 1. The zero-order valence-electron chi connectivity index (χ0n) is 18.5. The van der Waals surface area contributed by atoms with Crippen molar-refractivity contribution in [2.45, 2.75) is 31.4 Å². The Hall–Kier alpha value is -2.46. The molecule has 0 spiro atoms. The number of amides is 2. The maximum absolute atomic E-state index is 12.8. The number of esters is 1. The predicted molar refractivity (Wildman–Crippen MR) is 113 cm³/mol. The first-order valence-electron chi connectivity index (χ1n) is 9.26. The summed E-state index contributed by atoms with van der Waals surface area (Å²) in [6, 6.07) is -1.10. The molecule has 2 unspecified atom stereocenters. The van der Waals surface area contributed by atoms with Crippen molar-refractivity contribution in [3.63, 3.8) is 0 Å². The molecule has 0 aliphatic carbocycles. The third kappa shape index (κ3) is 5.43. The van der Waals surface area contributed by atoms with Gasteiger partial charge in [-0.15, -0.1) is 23.1 Å². The second kappa shape index (κ2) is 11.3. The second-order valence-electron chi connectivity index (χ2n) is 6.82. The largest absolute Gasteiger partial charge is 1.00 e. The Bertz CT molecular complexity index is 1100. The number of nitrogens with one attached hydrogen (secondary N) is 1. The van der Waals surface area contributed by atoms with Crippen molar-refractivity contribution >= 4 is 63.5 Å². The summed E-state index contributed by atoms with van der Waals surface area (Å²) >= 11 is 2.16. The fourth-order valence-electron chi connectivity index (χ4n) is 3.30. The predicted octanol–water partition coefficient (Wildman–Crippen LogP) is -5.00. The Kier molecular flexibility index (Phi) is 9.24. The number of aliphatic carboxylic acids is 1. The van der Waals surface area contributed by atoms with E-state index >= 15 is 0 Å². The molecule has 2 aliphatic rings. The van der Waals surface area contributed by atoms with E-state index < -0.39 is 52.8 Å². The van der Waals surface area contributed by atoms with Gasteiger partial charge < -0.3 is 30.5 Å². The van der Waals surface area contributed by atoms with Gasteiger partial charge in [0.1, 0.15) is 24.2 Å². The van der Waals surface area contributed by atoms with Crippen molar-refractivity contribution in [2.75, 3.05) is 18.6 Å². The molecule has 13 nitrogen and oxygen atoms in total. The molecule has 1 aromatic rings. The van der Waals surface area contributed by atoms with Crippen molar-refractivity contribution in [2.24, 2.45) is 5.16 Å². The fraction of sp³-hybridized carbons (Fsp3) is 0.389. The molecular formula is C18H18N5NaO8S2. The van der Waals surface area contributed by atoms with Crippen LogP contribution in [0.5, 0.6) is 0 Å². The van der Waals surface area contributed by atoms with E-state index in [-0.39, 0.29) is 57.4 Å². The number of thiazole rings is 1. The van der Waals surface area contributed by atoms with Gasteiger partial charge in [-0.2, -0.15) is 0 Å². The van der Waals surface area contributed by atoms with Gasteiger partial charge in [-0.25, -0.2) is 4.98 Å². The smallest absolute Gasteiger partial charge is 0.543 e. The molecule has 3 heterocycles. The average Bonchev–Trinajstić information content (AvgIpc) is 3.18. The minimum Gasteiger partial charge on any atom is -0.543 e. The summed E-state index contributed by atoms with van der Waals surface area (Å²) < 4.78 is 4.97. The van der Waals surface area contributed by atoms with Gasteiger partial charge in [0.2, 0.25) is 0 Å². The average molecular weight is 519 g/mol. The van der Waals surface area contributed by atoms with Gasteiger partial charge in [0, 0.05) is 23.6 Å². The van der Waals surface area contributed by atoms with Crippen LogP contribution in [0.2, 0.25) is 0 Å². The summed E-state index contributed by atoms with van der Waals surface area (Å²) in [5, 5.41) is 18.9. The SMILES string of the molecule is CON=C(C(=O)NC1C(=O)N2C(C(=O)[O-])=C(C(OC(C)=O)C(C)=O)CS[C@@H]12)c1csc(N)n1.[Na+]. The monoisotopic (exact) mass is 519 g/mol. The number of thioether (sulfide) groups is 1. The van der Waals surface area contributed by atoms with Crippen LogP contribution in [0, 0.1) is 0 Å². The first-order chi connectivity index (χ1) is 15.6. The Morgan fingerprint density at radius 2 is 2.03 bits per heavy atom. The Balaban J connectivity index is 0.00000408. The van der Waals surface area contributed by atoms with E-state index in [0.29, 0.717) is 0 Å². The molecule has 1 aromatic heterocycles. The quantitative estimate of drug-likeness (QED) is 0.110. The van der Waals surface area contributed by atoms with Gasteiger partial charge in [-0.05, 0) is 6.92 Å². The normalized spacial score (nSPS) is 20.4. The number of Topliss-reactive ketones (excluding diaryl/α,β-unsaturated/α-hetero) is 1. The summed E-state index contributed by atoms with van der Waals surface area (Å²) in [5.41, 5.74) is 4.87. The third-order valence-corrected chi connectivity index (χ3v) is 6.59. The summed E-state index contributed by atoms with van der Waals surface area (Å²) in [7, 11) is 1.23. The van der Waals surface area contributed by atoms with Gasteiger partial charge in [0.25, 0.3) is 11.8 Å². The number of carboxylic acid groups (broad SMARTS) is 1. The van der Waals surface area contributed by atoms with Crippen LogP contribution in [-0.4, -0.2) is 75.5 Å². The molecule has 3 atom stereocenters. The number of rotatable bonds is 8. The number of aromatic nitrogens is 1. The fourth-order valence-corrected chi connectivity index (χ4v) is 5.22. The number of hydrogen-bond acceptors (Lipinski definition) is 13. The van der Waals surface area contributed by atoms with Crippen LogP contribution in [0.15, 0.2) is 21.8 Å². The van der Waals surface area contributed by atoms with Crippen LogP contribution in [0.25, 0.3) is 0 Å². The number of carbonyl (C=O) groups excluding carboxylic acids is 5. The van der Waals surface area contributed by atoms with E-state index in [1.165, 1.54) is 12.5 Å². The van der Waals surface area contributed by atoms with E-state index in [1.807, 2.05) is 0 Å². The molecule has 176 valence electrons. The Morgan fingerprint density at radius 3 is 2.53 bits per heavy atom. The van der Waals surface area contributed by atoms with Crippen LogP contribution in [0.3, 0.4) is 0 Å². The number of β-lactam (4-membered cyclic amide) rings is 1. The number of nitrogens with two attached hydrogens (primary N) is 1. The number of nitrogen functional groups attached to an aromatic ring is 1. The number of anilines is 1. The van der Waals surface area contributed by atoms with Crippen LogP contribution in [-0.2, 0) is 33.5 Å². The molecule has 0 radical (unpaired) electrons. The molecule has 0 saturated carbocycles. The van der Waals surface area contributed by atoms with Crippen molar-refractivity contribution in [1.29, 1.82) is 0 Å². The number of carbonyl (C=O) groups is 5. The van der Waals surface area contributed by atoms with Crippen molar-refractivity contribution in [3.8, 4) is 0 Å². The van der Waals surface area contributed by atoms with Crippen molar-refractivity contribution in [3.05, 3.63) is 22.3 Å². The van der Waals surface area contributed by atoms with E-state index in [9.17, 15) is 29.1 Å². The molecule has 0 aromatic carbocycles. The molecule has 1 fully saturated rings. The van der Waals surface area contributed by atoms with Gasteiger partial charge in [0.15, 0.2) is 22.7 Å². The number of ether oxygens (including phenoxy) is 1. The van der Waals surface area contributed by atoms with E-state index in [1.54, 1.807) is 0 Å². The summed E-state index contributed by atoms with van der Waals surface area (Å²) in [4.78, 5) is 70.3. The molecule has 34 heavy (non-hydrogen) atoms. The number of oxime groups is 1. The topological polar surface area (TPSA) is 193 Å². The molecule has 1 saturated heterocycles. The molecule has 3 N–H and O–H groups in total. The van der Waals surface area contributed by atoms with Crippen LogP contribution in [0.1, 0.15) is 19.5 Å². The van der Waals surface area contributed by atoms with Crippen molar-refractivity contribution < 1.29 is 68.2 Å². The molecule has 3 rings (SSSR count). The number of carboxylic acids is 1. The van der Waals surface area contributed by atoms with Gasteiger partial charge in [0.05, 0.1) is 11.7 Å². The minimum absolute atomic E-state index is 0. The molecular weight excluding hydrogens is 501 g/mol. The molecule has 2 amide bonds. The van der Waals surface area contributed by atoms with Gasteiger partial charge in [-0.1, -0.05) is 5.16 Å². The van der Waals surface area contributed by atoms with Gasteiger partial charge in [-0.3, -0.25) is 24.1 Å². The molecule has 16 heteroatoms. The zero-order valence-corrected chi connectivity index (χ0v) is 22.2. The standard InChI is InChI=1S/C18H19N5O8S2.Na/c1-6(24)13(31-7(2)25)8-4-32-16-11(15(27)23(16)12(8)17(28)29)21-14(26)10(22-30-3)9-5-33-18(19)20-9;/h5,11,13,16H,4H2,1-3H3,(H2,19,20)(H,21,26)(H,28,29);/q;+1/p-1/t11?,13?,16-;/m0./s1. The van der Waals surface area contributed by atoms with Crippen LogP contribution in [0.4, 0.5) is 5.13 Å². The zero-order chi connectivity index (χ0) is 24.4. The second-order valence-corrected chi connectivity index (χ2v) is 8.81. The van der Waals surface area contributed by atoms with E-state index in [4.69, 9.17) is 10.5 Å². The molecule has 0 bridgehead atoms. The van der Waals surface area contributed by atoms with Crippen LogP contribution >= 0.6 is 23.1 Å². The molecule has 2 aliphatic heterocycles. The van der Waals surface area contributed by atoms with E-state index in [2.05, 4.69) is 20.3 Å². The van der Waals surface area contributed by atoms with Crippen LogP contribution < -0.4 is 45.7 Å². The van der Waals surface area contributed by atoms with Gasteiger partial charge >= 0.3 is 35.5 Å². The minimum atomic E-state index is -1.72. The summed E-state index contributed by atoms with van der Waals surface area (Å²) in [6.45, 7) is 2.20. The number of ketones is 1. The summed E-state index contributed by atoms with van der Waals surface area (Å²) in [6.07, 6.45) is -1.47. The maximum Gasteiger partial charge on any atom is 1.00 e. The Labute approximate surface area is 223 Å². The van der Waals surface area contributed by atoms with E-state index in [0.717, 1.165) is 41.8 Å². The number of nitrogens with zero attached hydrogens (tertiary/aromatic N) is 3.